The molecule has 2 aliphatic rings. The van der Waals surface area contributed by atoms with E-state index < -0.39 is 10.0 Å². The van der Waals surface area contributed by atoms with Gasteiger partial charge in [0.25, 0.3) is 0 Å². The number of nitrogens with zero attached hydrogens (tertiary/aromatic N) is 1. The van der Waals surface area contributed by atoms with Crippen molar-refractivity contribution in [2.24, 2.45) is 5.92 Å². The quantitative estimate of drug-likeness (QED) is 0.617. The smallest absolute Gasteiger partial charge is 0.243 e. The number of hydrogen-bond acceptors (Lipinski definition) is 4. The lowest BCUT2D eigenvalue weighted by Crippen LogP contribution is -2.43. The van der Waals surface area contributed by atoms with E-state index in [1.165, 1.54) is 9.87 Å². The highest BCUT2D eigenvalue weighted by Crippen LogP contribution is 2.28. The molecular weight excluding hydrogens is 410 g/mol. The van der Waals surface area contributed by atoms with Crippen molar-refractivity contribution in [3.8, 4) is 0 Å². The molecule has 6 nitrogen and oxygen atoms in total. The van der Waals surface area contributed by atoms with Crippen molar-refractivity contribution in [3.63, 3.8) is 0 Å². The average Bonchev–Trinajstić information content (AvgIpc) is 3.27. The van der Waals surface area contributed by atoms with Crippen molar-refractivity contribution in [2.45, 2.75) is 43.4 Å². The highest BCUT2D eigenvalue weighted by atomic mass is 32.2. The van der Waals surface area contributed by atoms with E-state index in [0.29, 0.717) is 37.4 Å². The number of aryl methyl sites for hydroxylation is 2. The van der Waals surface area contributed by atoms with Crippen LogP contribution in [0.3, 0.4) is 0 Å². The molecule has 0 atom stereocenters. The second-order valence-corrected chi connectivity index (χ2v) is 10.3. The summed E-state index contributed by atoms with van der Waals surface area (Å²) in [6, 6.07) is 15.5. The fourth-order valence-corrected chi connectivity index (χ4v) is 5.97. The van der Waals surface area contributed by atoms with Gasteiger partial charge in [0.15, 0.2) is 0 Å². The Morgan fingerprint density at radius 1 is 0.968 bits per heavy atom. The van der Waals surface area contributed by atoms with Crippen LogP contribution in [-0.4, -0.2) is 44.8 Å². The summed E-state index contributed by atoms with van der Waals surface area (Å²) in [5.74, 6) is -0.0807. The zero-order valence-corrected chi connectivity index (χ0v) is 18.7. The maximum absolute atomic E-state index is 13.0. The summed E-state index contributed by atoms with van der Waals surface area (Å²) in [5.41, 5.74) is 3.51. The molecule has 2 aromatic rings. The van der Waals surface area contributed by atoms with Crippen LogP contribution in [0.5, 0.6) is 0 Å². The average molecular weight is 442 g/mol. The Kier molecular flexibility index (Phi) is 6.92. The summed E-state index contributed by atoms with van der Waals surface area (Å²) in [7, 11) is -3.49. The van der Waals surface area contributed by atoms with Gasteiger partial charge >= 0.3 is 0 Å². The van der Waals surface area contributed by atoms with Crippen LogP contribution < -0.4 is 10.6 Å². The normalized spacial score (nSPS) is 17.3. The molecule has 2 N–H and O–H groups in total. The minimum atomic E-state index is -3.49. The Hall–Kier alpha value is -2.38. The SMILES string of the molecule is O=C(NCCCNc1ccccc1)C1CCN(S(=O)(=O)c2ccc3c(c2)CCC3)CC1. The molecular formula is C24H31N3O3S. The summed E-state index contributed by atoms with van der Waals surface area (Å²) < 4.78 is 27.6. The largest absolute Gasteiger partial charge is 0.385 e. The van der Waals surface area contributed by atoms with Gasteiger partial charge in [0.2, 0.25) is 15.9 Å². The van der Waals surface area contributed by atoms with Crippen LogP contribution in [0.1, 0.15) is 36.8 Å². The molecule has 0 bridgehead atoms. The lowest BCUT2D eigenvalue weighted by Gasteiger charge is -2.30. The number of para-hydroxylation sites is 1. The van der Waals surface area contributed by atoms with E-state index in [2.05, 4.69) is 10.6 Å². The van der Waals surface area contributed by atoms with Crippen molar-refractivity contribution in [2.75, 3.05) is 31.5 Å². The number of nitrogens with one attached hydrogen (secondary N) is 2. The lowest BCUT2D eigenvalue weighted by molar-refractivity contribution is -0.126. The predicted molar refractivity (Wildman–Crippen MR) is 123 cm³/mol. The minimum absolute atomic E-state index is 0.0364. The molecule has 31 heavy (non-hydrogen) atoms. The van der Waals surface area contributed by atoms with E-state index in [0.717, 1.165) is 43.5 Å². The first kappa shape index (κ1) is 21.8. The number of carbonyl (C=O) groups excluding carboxylic acids is 1. The van der Waals surface area contributed by atoms with E-state index in [9.17, 15) is 13.2 Å². The van der Waals surface area contributed by atoms with Gasteiger partial charge in [-0.2, -0.15) is 4.31 Å². The number of anilines is 1. The highest BCUT2D eigenvalue weighted by Gasteiger charge is 2.32. The molecule has 1 aliphatic heterocycles. The van der Waals surface area contributed by atoms with E-state index in [-0.39, 0.29) is 11.8 Å². The van der Waals surface area contributed by atoms with Crippen LogP contribution >= 0.6 is 0 Å². The van der Waals surface area contributed by atoms with Crippen molar-refractivity contribution < 1.29 is 13.2 Å². The molecule has 0 unspecified atom stereocenters. The van der Waals surface area contributed by atoms with Gasteiger partial charge < -0.3 is 10.6 Å². The first-order chi connectivity index (χ1) is 15.0. The molecule has 1 heterocycles. The number of fused-ring (bicyclic) bond motifs is 1. The molecule has 0 spiro atoms. The molecule has 0 aromatic heterocycles. The van der Waals surface area contributed by atoms with Gasteiger partial charge in [-0.3, -0.25) is 4.79 Å². The number of sulfonamides is 1. The maximum Gasteiger partial charge on any atom is 0.243 e. The van der Waals surface area contributed by atoms with E-state index in [1.807, 2.05) is 42.5 Å². The van der Waals surface area contributed by atoms with Gasteiger partial charge in [-0.25, -0.2) is 8.42 Å². The fourth-order valence-electron chi connectivity index (χ4n) is 4.45. The number of piperidine rings is 1. The second-order valence-electron chi connectivity index (χ2n) is 8.40. The number of carbonyl (C=O) groups is 1. The van der Waals surface area contributed by atoms with Crippen LogP contribution in [0.4, 0.5) is 5.69 Å². The summed E-state index contributed by atoms with van der Waals surface area (Å²) in [6.45, 7) is 2.20. The zero-order valence-electron chi connectivity index (χ0n) is 17.8. The van der Waals surface area contributed by atoms with Crippen LogP contribution in [0.2, 0.25) is 0 Å². The molecule has 1 aliphatic carbocycles. The summed E-state index contributed by atoms with van der Waals surface area (Å²) in [4.78, 5) is 12.9. The first-order valence-corrected chi connectivity index (χ1v) is 12.7. The van der Waals surface area contributed by atoms with Gasteiger partial charge in [0, 0.05) is 37.8 Å². The third-order valence-electron chi connectivity index (χ3n) is 6.29. The number of hydrogen-bond donors (Lipinski definition) is 2. The van der Waals surface area contributed by atoms with Crippen LogP contribution in [0.15, 0.2) is 53.4 Å². The number of rotatable bonds is 8. The lowest BCUT2D eigenvalue weighted by atomic mass is 9.97. The van der Waals surface area contributed by atoms with Crippen LogP contribution in [-0.2, 0) is 27.7 Å². The van der Waals surface area contributed by atoms with Gasteiger partial charge in [0.1, 0.15) is 0 Å². The van der Waals surface area contributed by atoms with Gasteiger partial charge in [-0.05, 0) is 73.9 Å². The Morgan fingerprint density at radius 2 is 1.71 bits per heavy atom. The molecule has 0 radical (unpaired) electrons. The highest BCUT2D eigenvalue weighted by molar-refractivity contribution is 7.89. The maximum atomic E-state index is 13.0. The Balaban J connectivity index is 1.21. The molecule has 1 saturated heterocycles. The molecule has 166 valence electrons. The van der Waals surface area contributed by atoms with E-state index in [4.69, 9.17) is 0 Å². The first-order valence-electron chi connectivity index (χ1n) is 11.2. The van der Waals surface area contributed by atoms with Crippen molar-refractivity contribution >= 4 is 21.6 Å². The van der Waals surface area contributed by atoms with E-state index >= 15 is 0 Å². The number of amides is 1. The molecule has 4 rings (SSSR count). The van der Waals surface area contributed by atoms with Crippen molar-refractivity contribution in [3.05, 3.63) is 59.7 Å². The minimum Gasteiger partial charge on any atom is -0.385 e. The summed E-state index contributed by atoms with van der Waals surface area (Å²) in [5, 5.41) is 6.33. The van der Waals surface area contributed by atoms with Crippen molar-refractivity contribution in [1.29, 1.82) is 0 Å². The fraction of sp³-hybridized carbons (Fsp3) is 0.458. The monoisotopic (exact) mass is 441 g/mol. The molecule has 2 aromatic carbocycles. The van der Waals surface area contributed by atoms with Crippen LogP contribution in [0, 0.1) is 5.92 Å². The van der Waals surface area contributed by atoms with Gasteiger partial charge in [0.05, 0.1) is 4.90 Å². The summed E-state index contributed by atoms with van der Waals surface area (Å²) >= 11 is 0. The zero-order chi connectivity index (χ0) is 21.7. The molecule has 7 heteroatoms. The molecule has 0 saturated carbocycles. The third-order valence-corrected chi connectivity index (χ3v) is 8.18. The number of benzene rings is 2. The Morgan fingerprint density at radius 3 is 2.48 bits per heavy atom. The Labute approximate surface area is 185 Å². The molecule has 1 amide bonds. The third kappa shape index (κ3) is 5.28. The van der Waals surface area contributed by atoms with Crippen molar-refractivity contribution in [1.82, 2.24) is 9.62 Å². The van der Waals surface area contributed by atoms with Crippen LogP contribution in [0.25, 0.3) is 0 Å². The summed E-state index contributed by atoms with van der Waals surface area (Å²) in [6.07, 6.45) is 5.07. The standard InChI is InChI=1S/C24H31N3O3S/c28-24(26-15-5-14-25-22-8-2-1-3-9-22)20-12-16-27(17-13-20)31(29,30)23-11-10-19-6-4-7-21(19)18-23/h1-3,8-11,18,20,25H,4-7,12-17H2,(H,26,28). The van der Waals surface area contributed by atoms with Gasteiger partial charge in [-0.15, -0.1) is 0 Å². The van der Waals surface area contributed by atoms with Gasteiger partial charge in [-0.1, -0.05) is 24.3 Å². The predicted octanol–water partition coefficient (Wildman–Crippen LogP) is 3.19. The topological polar surface area (TPSA) is 78.5 Å². The second kappa shape index (κ2) is 9.83. The van der Waals surface area contributed by atoms with E-state index in [1.54, 1.807) is 6.07 Å². The molecule has 1 fully saturated rings. The Bertz CT molecular complexity index is 1000.